The first kappa shape index (κ1) is 19.1. The zero-order valence-corrected chi connectivity index (χ0v) is 15.9. The molecule has 144 valence electrons. The Kier molecular flexibility index (Phi) is 5.10. The van der Waals surface area contributed by atoms with Crippen LogP contribution in [0, 0.1) is 11.3 Å². The number of hydrogen-bond donors (Lipinski definition) is 2. The summed E-state index contributed by atoms with van der Waals surface area (Å²) in [5.41, 5.74) is 6.75. The average Bonchev–Trinajstić information content (AvgIpc) is 3.07. The molecule has 3 N–H and O–H groups in total. The van der Waals surface area contributed by atoms with Crippen molar-refractivity contribution in [3.63, 3.8) is 0 Å². The largest absolute Gasteiger partial charge is 0.493 e. The number of nitrogen functional groups attached to an aromatic ring is 1. The Morgan fingerprint density at radius 1 is 1.14 bits per heavy atom. The van der Waals surface area contributed by atoms with Gasteiger partial charge in [0.2, 0.25) is 0 Å². The standard InChI is InChI=1S/C18H17N5O4S/c1-26-16-8-7-13(9-17(16)27-2)28(24,25)22-14-5-3-4-6-15(14)23-18(20)12(10-19)11-21-23/h3-9,11,22H,20H2,1-2H3. The maximum atomic E-state index is 12.9. The molecule has 1 heterocycles. The number of methoxy groups -OCH3 is 2. The first-order chi connectivity index (χ1) is 13.4. The molecule has 0 aliphatic rings. The van der Waals surface area contributed by atoms with Gasteiger partial charge in [-0.25, -0.2) is 13.1 Å². The van der Waals surface area contributed by atoms with E-state index in [9.17, 15) is 8.42 Å². The lowest BCUT2D eigenvalue weighted by Crippen LogP contribution is -2.15. The molecule has 1 aromatic heterocycles. The molecule has 0 bridgehead atoms. The highest BCUT2D eigenvalue weighted by molar-refractivity contribution is 7.92. The van der Waals surface area contributed by atoms with Gasteiger partial charge in [-0.2, -0.15) is 10.4 Å². The average molecular weight is 399 g/mol. The molecule has 28 heavy (non-hydrogen) atoms. The number of nitrogens with zero attached hydrogens (tertiary/aromatic N) is 3. The number of nitrogens with two attached hydrogens (primary N) is 1. The van der Waals surface area contributed by atoms with Gasteiger partial charge >= 0.3 is 0 Å². The van der Waals surface area contributed by atoms with Crippen LogP contribution >= 0.6 is 0 Å². The van der Waals surface area contributed by atoms with E-state index in [-0.39, 0.29) is 27.7 Å². The van der Waals surface area contributed by atoms with E-state index in [1.165, 1.54) is 43.3 Å². The van der Waals surface area contributed by atoms with Crippen LogP contribution in [0.2, 0.25) is 0 Å². The summed E-state index contributed by atoms with van der Waals surface area (Å²) >= 11 is 0. The molecule has 0 aliphatic carbocycles. The van der Waals surface area contributed by atoms with Gasteiger partial charge in [-0.3, -0.25) is 4.72 Å². The van der Waals surface area contributed by atoms with Gasteiger partial charge in [-0.1, -0.05) is 12.1 Å². The molecule has 9 nitrogen and oxygen atoms in total. The molecule has 0 radical (unpaired) electrons. The molecule has 3 rings (SSSR count). The van der Waals surface area contributed by atoms with E-state index in [1.807, 2.05) is 6.07 Å². The first-order valence-electron chi connectivity index (χ1n) is 7.99. The van der Waals surface area contributed by atoms with Crippen molar-refractivity contribution in [2.75, 3.05) is 24.7 Å². The maximum absolute atomic E-state index is 12.9. The van der Waals surface area contributed by atoms with E-state index in [0.717, 1.165) is 0 Å². The van der Waals surface area contributed by atoms with Crippen molar-refractivity contribution in [2.45, 2.75) is 4.90 Å². The second kappa shape index (κ2) is 7.50. The van der Waals surface area contributed by atoms with Crippen molar-refractivity contribution in [3.05, 3.63) is 54.2 Å². The van der Waals surface area contributed by atoms with Gasteiger partial charge in [0.1, 0.15) is 17.5 Å². The van der Waals surface area contributed by atoms with Crippen molar-refractivity contribution < 1.29 is 17.9 Å². The summed E-state index contributed by atoms with van der Waals surface area (Å²) in [6.45, 7) is 0. The van der Waals surface area contributed by atoms with Gasteiger partial charge in [0.05, 0.1) is 36.7 Å². The highest BCUT2D eigenvalue weighted by Gasteiger charge is 2.20. The zero-order valence-electron chi connectivity index (χ0n) is 15.1. The van der Waals surface area contributed by atoms with Crippen LogP contribution in [-0.2, 0) is 10.0 Å². The second-order valence-corrected chi connectivity index (χ2v) is 7.29. The van der Waals surface area contributed by atoms with Gasteiger partial charge in [-0.05, 0) is 24.3 Å². The molecular weight excluding hydrogens is 382 g/mol. The topological polar surface area (TPSA) is 132 Å². The van der Waals surface area contributed by atoms with Crippen molar-refractivity contribution in [1.82, 2.24) is 9.78 Å². The van der Waals surface area contributed by atoms with Gasteiger partial charge in [-0.15, -0.1) is 0 Å². The highest BCUT2D eigenvalue weighted by Crippen LogP contribution is 2.31. The van der Waals surface area contributed by atoms with E-state index in [1.54, 1.807) is 24.3 Å². The predicted molar refractivity (Wildman–Crippen MR) is 103 cm³/mol. The SMILES string of the molecule is COc1ccc(S(=O)(=O)Nc2ccccc2-n2ncc(C#N)c2N)cc1OC. The molecule has 0 spiro atoms. The van der Waals surface area contributed by atoms with Crippen LogP contribution in [0.15, 0.2) is 53.6 Å². The minimum absolute atomic E-state index is 0.00824. The van der Waals surface area contributed by atoms with Crippen LogP contribution in [0.25, 0.3) is 5.69 Å². The second-order valence-electron chi connectivity index (χ2n) is 5.61. The van der Waals surface area contributed by atoms with Crippen molar-refractivity contribution >= 4 is 21.5 Å². The lowest BCUT2D eigenvalue weighted by Gasteiger charge is -2.14. The summed E-state index contributed by atoms with van der Waals surface area (Å²) in [6, 6.07) is 12.8. The van der Waals surface area contributed by atoms with E-state index in [4.69, 9.17) is 20.5 Å². The van der Waals surface area contributed by atoms with Crippen LogP contribution < -0.4 is 19.9 Å². The number of sulfonamides is 1. The van der Waals surface area contributed by atoms with Gasteiger partial charge < -0.3 is 15.2 Å². The Balaban J connectivity index is 2.02. The molecular formula is C18H17N5O4S. The van der Waals surface area contributed by atoms with E-state index >= 15 is 0 Å². The first-order valence-corrected chi connectivity index (χ1v) is 9.47. The molecule has 2 aromatic carbocycles. The fraction of sp³-hybridized carbons (Fsp3) is 0.111. The number of nitriles is 1. The fourth-order valence-electron chi connectivity index (χ4n) is 2.57. The number of anilines is 2. The van der Waals surface area contributed by atoms with Crippen molar-refractivity contribution in [2.24, 2.45) is 0 Å². The third-order valence-corrected chi connectivity index (χ3v) is 5.33. The number of para-hydroxylation sites is 2. The van der Waals surface area contributed by atoms with Crippen LogP contribution in [0.4, 0.5) is 11.5 Å². The van der Waals surface area contributed by atoms with Gasteiger partial charge in [0.15, 0.2) is 11.5 Å². The number of aromatic nitrogens is 2. The van der Waals surface area contributed by atoms with Crippen molar-refractivity contribution in [1.29, 1.82) is 5.26 Å². The summed E-state index contributed by atoms with van der Waals surface area (Å²) in [4.78, 5) is -0.00824. The Hall–Kier alpha value is -3.71. The fourth-order valence-corrected chi connectivity index (χ4v) is 3.66. The quantitative estimate of drug-likeness (QED) is 0.649. The highest BCUT2D eigenvalue weighted by atomic mass is 32.2. The minimum Gasteiger partial charge on any atom is -0.493 e. The monoisotopic (exact) mass is 399 g/mol. The Bertz CT molecular complexity index is 1160. The van der Waals surface area contributed by atoms with Crippen LogP contribution in [0.3, 0.4) is 0 Å². The van der Waals surface area contributed by atoms with Crippen LogP contribution in [0.1, 0.15) is 5.56 Å². The summed E-state index contributed by atoms with van der Waals surface area (Å²) < 4.78 is 39.9. The van der Waals surface area contributed by atoms with Gasteiger partial charge in [0.25, 0.3) is 10.0 Å². The molecule has 0 saturated carbocycles. The number of rotatable bonds is 6. The summed E-state index contributed by atoms with van der Waals surface area (Å²) in [7, 11) is -1.06. The number of nitrogens with one attached hydrogen (secondary N) is 1. The summed E-state index contributed by atoms with van der Waals surface area (Å²) in [6.07, 6.45) is 1.31. The molecule has 0 saturated heterocycles. The molecule has 0 unspecified atom stereocenters. The smallest absolute Gasteiger partial charge is 0.262 e. The normalized spacial score (nSPS) is 10.9. The van der Waals surface area contributed by atoms with E-state index in [0.29, 0.717) is 11.4 Å². The predicted octanol–water partition coefficient (Wildman–Crippen LogP) is 2.14. The number of benzene rings is 2. The molecule has 0 aliphatic heterocycles. The Labute approximate surface area is 162 Å². The van der Waals surface area contributed by atoms with E-state index in [2.05, 4.69) is 9.82 Å². The lowest BCUT2D eigenvalue weighted by atomic mass is 10.2. The van der Waals surface area contributed by atoms with Crippen LogP contribution in [0.5, 0.6) is 11.5 Å². The Morgan fingerprint density at radius 2 is 1.86 bits per heavy atom. The van der Waals surface area contributed by atoms with Gasteiger partial charge in [0, 0.05) is 6.07 Å². The molecule has 3 aromatic rings. The zero-order chi connectivity index (χ0) is 20.3. The summed E-state index contributed by atoms with van der Waals surface area (Å²) in [5.74, 6) is 0.809. The maximum Gasteiger partial charge on any atom is 0.262 e. The lowest BCUT2D eigenvalue weighted by molar-refractivity contribution is 0.354. The molecule has 0 atom stereocenters. The number of ether oxygens (including phenoxy) is 2. The minimum atomic E-state index is -3.95. The van der Waals surface area contributed by atoms with E-state index < -0.39 is 10.0 Å². The molecule has 0 amide bonds. The third-order valence-electron chi connectivity index (χ3n) is 3.97. The van der Waals surface area contributed by atoms with Crippen LogP contribution in [-0.4, -0.2) is 32.4 Å². The molecule has 10 heteroatoms. The van der Waals surface area contributed by atoms with Crippen molar-refractivity contribution in [3.8, 4) is 23.3 Å². The molecule has 0 fully saturated rings. The number of hydrogen-bond acceptors (Lipinski definition) is 7. The third kappa shape index (κ3) is 3.43. The summed E-state index contributed by atoms with van der Waals surface area (Å²) in [5, 5.41) is 13.1. The Morgan fingerprint density at radius 3 is 2.50 bits per heavy atom.